The smallest absolute Gasteiger partial charge is 0.254 e. The first kappa shape index (κ1) is 18.9. The van der Waals surface area contributed by atoms with Crippen LogP contribution in [0.15, 0.2) is 60.7 Å². The van der Waals surface area contributed by atoms with Crippen LogP contribution in [0.5, 0.6) is 0 Å². The van der Waals surface area contributed by atoms with E-state index < -0.39 is 0 Å². The van der Waals surface area contributed by atoms with E-state index >= 15 is 0 Å². The minimum Gasteiger partial charge on any atom is -0.334 e. The van der Waals surface area contributed by atoms with Crippen molar-refractivity contribution in [1.29, 1.82) is 0 Å². The fraction of sp³-hybridized carbons (Fsp3) is 0.273. The molecule has 2 aromatic carbocycles. The summed E-state index contributed by atoms with van der Waals surface area (Å²) in [5.74, 6) is 0.0206. The SMILES string of the molecule is Cc1cc(C)n(-c2ccc(C(=O)N(CCCN)Cc3ccccc3)cc2)n1. The van der Waals surface area contributed by atoms with Crippen LogP contribution in [0, 0.1) is 13.8 Å². The van der Waals surface area contributed by atoms with Gasteiger partial charge in [-0.05, 0) is 62.7 Å². The summed E-state index contributed by atoms with van der Waals surface area (Å²) >= 11 is 0. The van der Waals surface area contributed by atoms with Gasteiger partial charge in [0.15, 0.2) is 0 Å². The Morgan fingerprint density at radius 2 is 1.78 bits per heavy atom. The maximum absolute atomic E-state index is 13.0. The summed E-state index contributed by atoms with van der Waals surface area (Å²) in [6.07, 6.45) is 0.780. The molecule has 0 unspecified atom stereocenters. The minimum absolute atomic E-state index is 0.0206. The van der Waals surface area contributed by atoms with Gasteiger partial charge in [0.25, 0.3) is 5.91 Å². The number of benzene rings is 2. The second-order valence-electron chi connectivity index (χ2n) is 6.74. The highest BCUT2D eigenvalue weighted by Gasteiger charge is 2.16. The molecule has 3 aromatic rings. The summed E-state index contributed by atoms with van der Waals surface area (Å²) in [6, 6.07) is 19.7. The Bertz CT molecular complexity index is 884. The van der Waals surface area contributed by atoms with E-state index in [1.807, 2.05) is 84.1 Å². The lowest BCUT2D eigenvalue weighted by Gasteiger charge is -2.23. The number of carbonyl (C=O) groups excluding carboxylic acids is 1. The van der Waals surface area contributed by atoms with E-state index in [4.69, 9.17) is 5.73 Å². The molecule has 0 atom stereocenters. The average Bonchev–Trinajstić information content (AvgIpc) is 3.03. The van der Waals surface area contributed by atoms with Crippen LogP contribution >= 0.6 is 0 Å². The highest BCUT2D eigenvalue weighted by molar-refractivity contribution is 5.94. The van der Waals surface area contributed by atoms with Crippen LogP contribution in [0.4, 0.5) is 0 Å². The number of nitrogens with zero attached hydrogens (tertiary/aromatic N) is 3. The summed E-state index contributed by atoms with van der Waals surface area (Å²) < 4.78 is 1.89. The Morgan fingerprint density at radius 3 is 2.37 bits per heavy atom. The van der Waals surface area contributed by atoms with Gasteiger partial charge in [-0.25, -0.2) is 4.68 Å². The highest BCUT2D eigenvalue weighted by atomic mass is 16.2. The molecule has 5 nitrogen and oxygen atoms in total. The molecule has 0 spiro atoms. The Hall–Kier alpha value is -2.92. The van der Waals surface area contributed by atoms with Gasteiger partial charge in [0, 0.05) is 24.3 Å². The van der Waals surface area contributed by atoms with Crippen molar-refractivity contribution in [3.8, 4) is 5.69 Å². The topological polar surface area (TPSA) is 64.2 Å². The molecule has 0 aliphatic carbocycles. The lowest BCUT2D eigenvalue weighted by Crippen LogP contribution is -2.32. The molecule has 0 saturated carbocycles. The normalized spacial score (nSPS) is 10.8. The first-order valence-electron chi connectivity index (χ1n) is 9.25. The van der Waals surface area contributed by atoms with Crippen LogP contribution in [-0.4, -0.2) is 33.7 Å². The molecule has 5 heteroatoms. The van der Waals surface area contributed by atoms with Crippen LogP contribution in [0.1, 0.15) is 33.7 Å². The van der Waals surface area contributed by atoms with Crippen LogP contribution in [0.25, 0.3) is 5.69 Å². The number of carbonyl (C=O) groups is 1. The van der Waals surface area contributed by atoms with Crippen molar-refractivity contribution in [2.24, 2.45) is 5.73 Å². The van der Waals surface area contributed by atoms with Gasteiger partial charge in [-0.1, -0.05) is 30.3 Å². The quantitative estimate of drug-likeness (QED) is 0.700. The minimum atomic E-state index is 0.0206. The maximum Gasteiger partial charge on any atom is 0.254 e. The fourth-order valence-electron chi connectivity index (χ4n) is 3.16. The van der Waals surface area contributed by atoms with Crippen LogP contribution < -0.4 is 5.73 Å². The van der Waals surface area contributed by atoms with Gasteiger partial charge in [-0.3, -0.25) is 4.79 Å². The molecule has 0 bridgehead atoms. The molecule has 1 amide bonds. The van der Waals surface area contributed by atoms with E-state index in [1.54, 1.807) is 0 Å². The lowest BCUT2D eigenvalue weighted by atomic mass is 10.1. The number of nitrogens with two attached hydrogens (primary N) is 1. The highest BCUT2D eigenvalue weighted by Crippen LogP contribution is 2.16. The van der Waals surface area contributed by atoms with E-state index in [-0.39, 0.29) is 5.91 Å². The third kappa shape index (κ3) is 4.63. The predicted molar refractivity (Wildman–Crippen MR) is 108 cm³/mol. The van der Waals surface area contributed by atoms with E-state index in [9.17, 15) is 4.79 Å². The third-order valence-corrected chi connectivity index (χ3v) is 4.50. The third-order valence-electron chi connectivity index (χ3n) is 4.50. The summed E-state index contributed by atoms with van der Waals surface area (Å²) in [6.45, 7) is 5.78. The van der Waals surface area contributed by atoms with Crippen molar-refractivity contribution in [3.05, 3.63) is 83.2 Å². The zero-order valence-electron chi connectivity index (χ0n) is 15.9. The molecular formula is C22H26N4O. The van der Waals surface area contributed by atoms with Crippen molar-refractivity contribution >= 4 is 5.91 Å². The Kier molecular flexibility index (Phi) is 6.04. The van der Waals surface area contributed by atoms with Crippen molar-refractivity contribution in [3.63, 3.8) is 0 Å². The van der Waals surface area contributed by atoms with Crippen LogP contribution in [-0.2, 0) is 6.54 Å². The molecule has 3 rings (SSSR count). The van der Waals surface area contributed by atoms with Gasteiger partial charge in [0.1, 0.15) is 0 Å². The second kappa shape index (κ2) is 8.64. The standard InChI is InChI=1S/C22H26N4O/c1-17-15-18(2)26(24-17)21-11-9-20(10-12-21)22(27)25(14-6-13-23)16-19-7-4-3-5-8-19/h3-5,7-12,15H,6,13-14,16,23H2,1-2H3. The van der Waals surface area contributed by atoms with E-state index in [0.29, 0.717) is 25.2 Å². The van der Waals surface area contributed by atoms with Crippen molar-refractivity contribution < 1.29 is 4.79 Å². The van der Waals surface area contributed by atoms with Crippen LogP contribution in [0.3, 0.4) is 0 Å². The summed E-state index contributed by atoms with van der Waals surface area (Å²) in [5.41, 5.74) is 10.4. The first-order chi connectivity index (χ1) is 13.1. The fourth-order valence-corrected chi connectivity index (χ4v) is 3.16. The van der Waals surface area contributed by atoms with E-state index in [0.717, 1.165) is 29.1 Å². The Labute approximate surface area is 160 Å². The van der Waals surface area contributed by atoms with Gasteiger partial charge in [0.05, 0.1) is 11.4 Å². The van der Waals surface area contributed by atoms with Gasteiger partial charge in [-0.15, -0.1) is 0 Å². The number of aryl methyl sites for hydroxylation is 2. The maximum atomic E-state index is 13.0. The summed E-state index contributed by atoms with van der Waals surface area (Å²) in [4.78, 5) is 14.9. The Balaban J connectivity index is 1.79. The lowest BCUT2D eigenvalue weighted by molar-refractivity contribution is 0.0742. The molecule has 0 aliphatic rings. The molecular weight excluding hydrogens is 336 g/mol. The van der Waals surface area contributed by atoms with Gasteiger partial charge in [0.2, 0.25) is 0 Å². The molecule has 140 valence electrons. The molecule has 2 N–H and O–H groups in total. The van der Waals surface area contributed by atoms with Gasteiger partial charge < -0.3 is 10.6 Å². The number of hydrogen-bond acceptors (Lipinski definition) is 3. The van der Waals surface area contributed by atoms with Crippen molar-refractivity contribution in [2.75, 3.05) is 13.1 Å². The number of aromatic nitrogens is 2. The molecule has 1 heterocycles. The zero-order valence-corrected chi connectivity index (χ0v) is 15.9. The summed E-state index contributed by atoms with van der Waals surface area (Å²) in [5, 5.41) is 4.49. The largest absolute Gasteiger partial charge is 0.334 e. The Morgan fingerprint density at radius 1 is 1.07 bits per heavy atom. The summed E-state index contributed by atoms with van der Waals surface area (Å²) in [7, 11) is 0. The first-order valence-corrected chi connectivity index (χ1v) is 9.25. The van der Waals surface area contributed by atoms with E-state index in [2.05, 4.69) is 5.10 Å². The molecule has 0 saturated heterocycles. The van der Waals surface area contributed by atoms with Gasteiger partial charge >= 0.3 is 0 Å². The monoisotopic (exact) mass is 362 g/mol. The van der Waals surface area contributed by atoms with E-state index in [1.165, 1.54) is 0 Å². The van der Waals surface area contributed by atoms with Gasteiger partial charge in [-0.2, -0.15) is 5.10 Å². The predicted octanol–water partition coefficient (Wildman–Crippen LogP) is 3.48. The molecule has 0 aliphatic heterocycles. The molecule has 1 aromatic heterocycles. The number of rotatable bonds is 7. The second-order valence-corrected chi connectivity index (χ2v) is 6.74. The van der Waals surface area contributed by atoms with Crippen LogP contribution in [0.2, 0.25) is 0 Å². The molecule has 27 heavy (non-hydrogen) atoms. The van der Waals surface area contributed by atoms with Crippen molar-refractivity contribution in [1.82, 2.24) is 14.7 Å². The zero-order chi connectivity index (χ0) is 19.2. The average molecular weight is 362 g/mol. The number of hydrogen-bond donors (Lipinski definition) is 1. The molecule has 0 radical (unpaired) electrons. The molecule has 0 fully saturated rings. The number of amides is 1. The van der Waals surface area contributed by atoms with Crippen molar-refractivity contribution in [2.45, 2.75) is 26.8 Å².